The van der Waals surface area contributed by atoms with Crippen LogP contribution in [0.2, 0.25) is 5.02 Å². The lowest BCUT2D eigenvalue weighted by atomic mass is 10.1. The number of amides is 1. The maximum atomic E-state index is 12.5. The van der Waals surface area contributed by atoms with Crippen LogP contribution in [0.3, 0.4) is 0 Å². The molecule has 1 aromatic heterocycles. The Morgan fingerprint density at radius 1 is 1.13 bits per heavy atom. The number of benzene rings is 2. The second-order valence-electron chi connectivity index (χ2n) is 5.42. The molecule has 1 amide bonds. The summed E-state index contributed by atoms with van der Waals surface area (Å²) in [6, 6.07) is 12.6. The summed E-state index contributed by atoms with van der Waals surface area (Å²) in [4.78, 5) is 24.7. The van der Waals surface area contributed by atoms with Crippen molar-refractivity contribution in [3.05, 3.63) is 64.8 Å². The van der Waals surface area contributed by atoms with Crippen LogP contribution in [0.4, 0.5) is 5.69 Å². The van der Waals surface area contributed by atoms with E-state index >= 15 is 0 Å². The lowest BCUT2D eigenvalue weighted by molar-refractivity contribution is -0.112. The topological polar surface area (TPSA) is 51.1 Å². The van der Waals surface area contributed by atoms with Crippen LogP contribution in [0.25, 0.3) is 10.9 Å². The minimum Gasteiger partial charge on any atom is -0.350 e. The summed E-state index contributed by atoms with van der Waals surface area (Å²) in [5.41, 5.74) is 2.70. The number of ketones is 1. The number of rotatable bonds is 3. The molecule has 5 heteroatoms. The number of fused-ring (bicyclic) bond motifs is 1. The van der Waals surface area contributed by atoms with Gasteiger partial charge in [0.05, 0.1) is 5.56 Å². The Morgan fingerprint density at radius 2 is 1.87 bits per heavy atom. The number of carbonyl (C=O) groups excluding carboxylic acids is 2. The number of carbonyl (C=O) groups is 2. The van der Waals surface area contributed by atoms with Crippen molar-refractivity contribution in [2.75, 3.05) is 5.32 Å². The van der Waals surface area contributed by atoms with Gasteiger partial charge < -0.3 is 9.88 Å². The summed E-state index contributed by atoms with van der Waals surface area (Å²) < 4.78 is 1.83. The summed E-state index contributed by atoms with van der Waals surface area (Å²) in [5.74, 6) is -1.25. The van der Waals surface area contributed by atoms with E-state index in [0.29, 0.717) is 16.3 Å². The summed E-state index contributed by atoms with van der Waals surface area (Å²) in [7, 11) is 1.84. The van der Waals surface area contributed by atoms with Gasteiger partial charge in [-0.3, -0.25) is 9.59 Å². The first-order valence-electron chi connectivity index (χ1n) is 7.13. The van der Waals surface area contributed by atoms with Gasteiger partial charge in [0.2, 0.25) is 0 Å². The van der Waals surface area contributed by atoms with E-state index in [9.17, 15) is 9.59 Å². The second-order valence-corrected chi connectivity index (χ2v) is 5.83. The number of aromatic nitrogens is 1. The summed E-state index contributed by atoms with van der Waals surface area (Å²) in [6.07, 6.45) is 1.68. The average Bonchev–Trinajstić information content (AvgIpc) is 2.88. The molecule has 116 valence electrons. The minimum absolute atomic E-state index is 0.388. The molecular weight excluding hydrogens is 312 g/mol. The lowest BCUT2D eigenvalue weighted by Crippen LogP contribution is -2.22. The normalized spacial score (nSPS) is 10.7. The molecule has 1 N–H and O–H groups in total. The number of nitrogens with one attached hydrogen (secondary N) is 1. The van der Waals surface area contributed by atoms with E-state index in [0.717, 1.165) is 16.5 Å². The molecule has 0 saturated heterocycles. The quantitative estimate of drug-likeness (QED) is 0.585. The largest absolute Gasteiger partial charge is 0.350 e. The number of aryl methyl sites for hydroxylation is 2. The Kier molecular flexibility index (Phi) is 3.92. The first kappa shape index (κ1) is 15.3. The van der Waals surface area contributed by atoms with Crippen molar-refractivity contribution in [3.8, 4) is 0 Å². The van der Waals surface area contributed by atoms with Crippen LogP contribution >= 0.6 is 11.6 Å². The first-order chi connectivity index (χ1) is 11.0. The van der Waals surface area contributed by atoms with E-state index in [1.807, 2.05) is 42.8 Å². The fourth-order valence-electron chi connectivity index (χ4n) is 2.50. The Labute approximate surface area is 138 Å². The molecule has 1 heterocycles. The summed E-state index contributed by atoms with van der Waals surface area (Å²) >= 11 is 6.04. The van der Waals surface area contributed by atoms with Gasteiger partial charge in [0.15, 0.2) is 0 Å². The summed E-state index contributed by atoms with van der Waals surface area (Å²) in [5, 5.41) is 3.90. The maximum Gasteiger partial charge on any atom is 0.296 e. The van der Waals surface area contributed by atoms with Gasteiger partial charge in [-0.1, -0.05) is 35.9 Å². The smallest absolute Gasteiger partial charge is 0.296 e. The van der Waals surface area contributed by atoms with Crippen LogP contribution in [0.15, 0.2) is 48.7 Å². The van der Waals surface area contributed by atoms with E-state index < -0.39 is 11.7 Å². The number of nitrogens with zero attached hydrogens (tertiary/aromatic N) is 1. The number of para-hydroxylation sites is 1. The van der Waals surface area contributed by atoms with Gasteiger partial charge in [-0.05, 0) is 30.7 Å². The minimum atomic E-state index is -0.679. The van der Waals surface area contributed by atoms with E-state index in [2.05, 4.69) is 5.32 Å². The van der Waals surface area contributed by atoms with Crippen molar-refractivity contribution in [1.29, 1.82) is 0 Å². The highest BCUT2D eigenvalue weighted by molar-refractivity contribution is 6.48. The summed E-state index contributed by atoms with van der Waals surface area (Å²) in [6.45, 7) is 1.87. The van der Waals surface area contributed by atoms with E-state index in [1.54, 1.807) is 24.4 Å². The van der Waals surface area contributed by atoms with Gasteiger partial charge in [0.1, 0.15) is 0 Å². The zero-order valence-corrected chi connectivity index (χ0v) is 13.5. The third-order valence-corrected chi connectivity index (χ3v) is 4.18. The molecule has 0 saturated carbocycles. The molecule has 3 aromatic rings. The van der Waals surface area contributed by atoms with Crippen molar-refractivity contribution in [3.63, 3.8) is 0 Å². The lowest BCUT2D eigenvalue weighted by Gasteiger charge is -2.06. The van der Waals surface area contributed by atoms with Crippen molar-refractivity contribution in [2.45, 2.75) is 6.92 Å². The molecule has 2 aromatic carbocycles. The Balaban J connectivity index is 1.89. The predicted octanol–water partition coefficient (Wildman–Crippen LogP) is 3.96. The van der Waals surface area contributed by atoms with Crippen LogP contribution in [0.5, 0.6) is 0 Å². The van der Waals surface area contributed by atoms with Gasteiger partial charge in [0, 0.05) is 34.9 Å². The van der Waals surface area contributed by atoms with Crippen LogP contribution in [-0.2, 0) is 11.8 Å². The maximum absolute atomic E-state index is 12.5. The molecule has 23 heavy (non-hydrogen) atoms. The molecular formula is C18H15ClN2O2. The van der Waals surface area contributed by atoms with E-state index in [4.69, 9.17) is 11.6 Å². The van der Waals surface area contributed by atoms with Crippen LogP contribution in [0.1, 0.15) is 15.9 Å². The molecule has 0 bridgehead atoms. The molecule has 0 aliphatic heterocycles. The number of hydrogen-bond acceptors (Lipinski definition) is 2. The van der Waals surface area contributed by atoms with Gasteiger partial charge in [0.25, 0.3) is 11.7 Å². The standard InChI is InChI=1S/C18H15ClN2O2/c1-11-7-8-12(9-15(11)19)20-18(23)17(22)14-10-21(2)16-6-4-3-5-13(14)16/h3-10H,1-2H3,(H,20,23). The van der Waals surface area contributed by atoms with Gasteiger partial charge in [-0.15, -0.1) is 0 Å². The Bertz CT molecular complexity index is 928. The molecule has 4 nitrogen and oxygen atoms in total. The number of hydrogen-bond donors (Lipinski definition) is 1. The molecule has 0 fully saturated rings. The van der Waals surface area contributed by atoms with Gasteiger partial charge >= 0.3 is 0 Å². The number of Topliss-reactive ketones (excluding diaryl/α,β-unsaturated/α-hetero) is 1. The van der Waals surface area contributed by atoms with Gasteiger partial charge in [-0.2, -0.15) is 0 Å². The Hall–Kier alpha value is -2.59. The molecule has 0 unspecified atom stereocenters. The average molecular weight is 327 g/mol. The zero-order valence-electron chi connectivity index (χ0n) is 12.8. The SMILES string of the molecule is Cc1ccc(NC(=O)C(=O)c2cn(C)c3ccccc23)cc1Cl. The molecule has 0 aliphatic rings. The number of halogens is 1. The molecule has 0 spiro atoms. The molecule has 0 aliphatic carbocycles. The fourth-order valence-corrected chi connectivity index (χ4v) is 2.68. The second kappa shape index (κ2) is 5.89. The molecule has 0 atom stereocenters. The highest BCUT2D eigenvalue weighted by atomic mass is 35.5. The van der Waals surface area contributed by atoms with Crippen LogP contribution < -0.4 is 5.32 Å². The van der Waals surface area contributed by atoms with Crippen molar-refractivity contribution < 1.29 is 9.59 Å². The van der Waals surface area contributed by atoms with Crippen molar-refractivity contribution in [2.24, 2.45) is 7.05 Å². The van der Waals surface area contributed by atoms with E-state index in [1.165, 1.54) is 0 Å². The van der Waals surface area contributed by atoms with Gasteiger partial charge in [-0.25, -0.2) is 0 Å². The predicted molar refractivity (Wildman–Crippen MR) is 92.1 cm³/mol. The van der Waals surface area contributed by atoms with Crippen LogP contribution in [0, 0.1) is 6.92 Å². The third-order valence-electron chi connectivity index (χ3n) is 3.78. The monoisotopic (exact) mass is 326 g/mol. The molecule has 0 radical (unpaired) electrons. The third kappa shape index (κ3) is 2.85. The number of anilines is 1. The van der Waals surface area contributed by atoms with Crippen molar-refractivity contribution >= 4 is 39.9 Å². The highest BCUT2D eigenvalue weighted by Gasteiger charge is 2.21. The van der Waals surface area contributed by atoms with Crippen LogP contribution in [-0.4, -0.2) is 16.3 Å². The Morgan fingerprint density at radius 3 is 2.61 bits per heavy atom. The van der Waals surface area contributed by atoms with E-state index in [-0.39, 0.29) is 0 Å². The fraction of sp³-hybridized carbons (Fsp3) is 0.111. The zero-order chi connectivity index (χ0) is 16.6. The molecule has 3 rings (SSSR count). The van der Waals surface area contributed by atoms with Crippen molar-refractivity contribution in [1.82, 2.24) is 4.57 Å². The highest BCUT2D eigenvalue weighted by Crippen LogP contribution is 2.22. The first-order valence-corrected chi connectivity index (χ1v) is 7.51.